The van der Waals surface area contributed by atoms with Crippen molar-refractivity contribution in [1.29, 1.82) is 0 Å². The smallest absolute Gasteiger partial charge is 0.275 e. The number of anilines is 2. The minimum Gasteiger partial charge on any atom is -0.321 e. The third-order valence-electron chi connectivity index (χ3n) is 4.42. The Labute approximate surface area is 150 Å². The Balaban J connectivity index is 1.55. The molecular formula is C20H18N4O2. The van der Waals surface area contributed by atoms with E-state index < -0.39 is 0 Å². The number of hydrogen-bond donors (Lipinski definition) is 1. The number of fused-ring (bicyclic) bond motifs is 1. The van der Waals surface area contributed by atoms with Crippen molar-refractivity contribution in [3.8, 4) is 0 Å². The summed E-state index contributed by atoms with van der Waals surface area (Å²) in [6.07, 6.45) is 3.97. The number of nitrogens with one attached hydrogen (secondary N) is 1. The van der Waals surface area contributed by atoms with Gasteiger partial charge in [-0.2, -0.15) is 0 Å². The zero-order chi connectivity index (χ0) is 17.9. The molecule has 26 heavy (non-hydrogen) atoms. The van der Waals surface area contributed by atoms with E-state index in [1.54, 1.807) is 11.0 Å². The largest absolute Gasteiger partial charge is 0.321 e. The summed E-state index contributed by atoms with van der Waals surface area (Å²) < 4.78 is 0. The third kappa shape index (κ3) is 3.26. The molecule has 0 atom stereocenters. The van der Waals surface area contributed by atoms with Gasteiger partial charge in [-0.05, 0) is 43.2 Å². The predicted molar refractivity (Wildman–Crippen MR) is 100 cm³/mol. The molecule has 2 aromatic carbocycles. The van der Waals surface area contributed by atoms with Crippen molar-refractivity contribution in [2.24, 2.45) is 0 Å². The highest BCUT2D eigenvalue weighted by Crippen LogP contribution is 2.24. The number of nitrogens with zero attached hydrogens (tertiary/aromatic N) is 3. The van der Waals surface area contributed by atoms with Crippen LogP contribution in [0.1, 0.15) is 29.8 Å². The fraction of sp³-hybridized carbons (Fsp3) is 0.200. The van der Waals surface area contributed by atoms with Gasteiger partial charge in [-0.15, -0.1) is 0 Å². The summed E-state index contributed by atoms with van der Waals surface area (Å²) in [5.41, 5.74) is 3.10. The van der Waals surface area contributed by atoms with Crippen LogP contribution in [-0.2, 0) is 4.79 Å². The van der Waals surface area contributed by atoms with Crippen molar-refractivity contribution in [2.45, 2.75) is 19.3 Å². The quantitative estimate of drug-likeness (QED) is 0.789. The molecule has 0 aliphatic carbocycles. The fourth-order valence-corrected chi connectivity index (χ4v) is 3.09. The number of rotatable bonds is 3. The Hall–Kier alpha value is -3.28. The molecule has 0 saturated carbocycles. The molecule has 0 bridgehead atoms. The standard InChI is InChI=1S/C20H18N4O2/c25-19-10-3-4-11-24(19)15-7-5-6-14(12-15)22-20(26)18-13-21-16-8-1-2-9-17(16)23-18/h1-2,5-9,12-13H,3-4,10-11H2,(H,22,26). The number of piperidine rings is 1. The lowest BCUT2D eigenvalue weighted by Gasteiger charge is -2.27. The zero-order valence-corrected chi connectivity index (χ0v) is 14.2. The van der Waals surface area contributed by atoms with E-state index in [9.17, 15) is 9.59 Å². The third-order valence-corrected chi connectivity index (χ3v) is 4.42. The van der Waals surface area contributed by atoms with Crippen LogP contribution in [0.4, 0.5) is 11.4 Å². The van der Waals surface area contributed by atoms with Crippen LogP contribution < -0.4 is 10.2 Å². The molecular weight excluding hydrogens is 328 g/mol. The van der Waals surface area contributed by atoms with Gasteiger partial charge in [0.25, 0.3) is 5.91 Å². The molecule has 4 rings (SSSR count). The van der Waals surface area contributed by atoms with Gasteiger partial charge in [-0.25, -0.2) is 4.98 Å². The Bertz CT molecular complexity index is 986. The van der Waals surface area contributed by atoms with Crippen molar-refractivity contribution < 1.29 is 9.59 Å². The van der Waals surface area contributed by atoms with Crippen LogP contribution in [0.3, 0.4) is 0 Å². The monoisotopic (exact) mass is 346 g/mol. The highest BCUT2D eigenvalue weighted by molar-refractivity contribution is 6.04. The summed E-state index contributed by atoms with van der Waals surface area (Å²) in [6, 6.07) is 14.7. The molecule has 0 unspecified atom stereocenters. The minimum atomic E-state index is -0.328. The lowest BCUT2D eigenvalue weighted by Crippen LogP contribution is -2.35. The molecule has 1 aliphatic rings. The first-order valence-corrected chi connectivity index (χ1v) is 8.64. The van der Waals surface area contributed by atoms with Crippen LogP contribution in [0, 0.1) is 0 Å². The number of benzene rings is 2. The molecule has 6 heteroatoms. The number of aromatic nitrogens is 2. The van der Waals surface area contributed by atoms with E-state index >= 15 is 0 Å². The summed E-state index contributed by atoms with van der Waals surface area (Å²) in [6.45, 7) is 0.715. The van der Waals surface area contributed by atoms with E-state index in [1.165, 1.54) is 6.20 Å². The summed E-state index contributed by atoms with van der Waals surface area (Å²) in [7, 11) is 0. The molecule has 130 valence electrons. The Kier molecular flexibility index (Phi) is 4.31. The molecule has 1 fully saturated rings. The van der Waals surface area contributed by atoms with E-state index in [1.807, 2.05) is 42.5 Å². The van der Waals surface area contributed by atoms with Gasteiger partial charge in [-0.3, -0.25) is 14.6 Å². The molecule has 6 nitrogen and oxygen atoms in total. The molecule has 0 spiro atoms. The fourth-order valence-electron chi connectivity index (χ4n) is 3.09. The van der Waals surface area contributed by atoms with Crippen LogP contribution in [0.15, 0.2) is 54.7 Å². The Morgan fingerprint density at radius 1 is 1.04 bits per heavy atom. The topological polar surface area (TPSA) is 75.2 Å². The Morgan fingerprint density at radius 2 is 1.88 bits per heavy atom. The van der Waals surface area contributed by atoms with Crippen LogP contribution >= 0.6 is 0 Å². The number of carbonyl (C=O) groups is 2. The average Bonchev–Trinajstić information content (AvgIpc) is 2.68. The highest BCUT2D eigenvalue weighted by atomic mass is 16.2. The van der Waals surface area contributed by atoms with Crippen LogP contribution in [0.25, 0.3) is 11.0 Å². The van der Waals surface area contributed by atoms with Crippen LogP contribution in [0.2, 0.25) is 0 Å². The maximum absolute atomic E-state index is 12.5. The second kappa shape index (κ2) is 6.92. The van der Waals surface area contributed by atoms with Crippen LogP contribution in [0.5, 0.6) is 0 Å². The lowest BCUT2D eigenvalue weighted by molar-refractivity contribution is -0.119. The predicted octanol–water partition coefficient (Wildman–Crippen LogP) is 3.40. The number of amides is 2. The van der Waals surface area contributed by atoms with E-state index in [2.05, 4.69) is 15.3 Å². The van der Waals surface area contributed by atoms with E-state index in [0.717, 1.165) is 24.0 Å². The minimum absolute atomic E-state index is 0.125. The normalized spacial score (nSPS) is 14.5. The average molecular weight is 346 g/mol. The van der Waals surface area contributed by atoms with Gasteiger partial charge in [0.1, 0.15) is 5.69 Å². The van der Waals surface area contributed by atoms with Crippen LogP contribution in [-0.4, -0.2) is 28.3 Å². The molecule has 1 aliphatic heterocycles. The maximum Gasteiger partial charge on any atom is 0.275 e. The van der Waals surface area contributed by atoms with Gasteiger partial charge < -0.3 is 10.2 Å². The maximum atomic E-state index is 12.5. The first-order valence-electron chi connectivity index (χ1n) is 8.64. The van der Waals surface area contributed by atoms with Gasteiger partial charge in [0.05, 0.1) is 17.2 Å². The van der Waals surface area contributed by atoms with Crippen molar-refractivity contribution in [2.75, 3.05) is 16.8 Å². The number of para-hydroxylation sites is 2. The second-order valence-electron chi connectivity index (χ2n) is 6.25. The molecule has 2 heterocycles. The van der Waals surface area contributed by atoms with Gasteiger partial charge >= 0.3 is 0 Å². The molecule has 3 aromatic rings. The van der Waals surface area contributed by atoms with Gasteiger partial charge in [0, 0.05) is 24.3 Å². The van der Waals surface area contributed by atoms with E-state index in [0.29, 0.717) is 24.2 Å². The summed E-state index contributed by atoms with van der Waals surface area (Å²) in [5, 5.41) is 2.84. The first kappa shape index (κ1) is 16.2. The van der Waals surface area contributed by atoms with E-state index in [-0.39, 0.29) is 17.5 Å². The van der Waals surface area contributed by atoms with Crippen molar-refractivity contribution in [3.63, 3.8) is 0 Å². The van der Waals surface area contributed by atoms with Gasteiger partial charge in [-0.1, -0.05) is 18.2 Å². The molecule has 2 amide bonds. The summed E-state index contributed by atoms with van der Waals surface area (Å²) in [5.74, 6) is -0.203. The molecule has 1 saturated heterocycles. The number of carbonyl (C=O) groups excluding carboxylic acids is 2. The molecule has 1 N–H and O–H groups in total. The highest BCUT2D eigenvalue weighted by Gasteiger charge is 2.20. The zero-order valence-electron chi connectivity index (χ0n) is 14.2. The van der Waals surface area contributed by atoms with Crippen molar-refractivity contribution >= 4 is 34.2 Å². The summed E-state index contributed by atoms with van der Waals surface area (Å²) in [4.78, 5) is 35.0. The number of hydrogen-bond acceptors (Lipinski definition) is 4. The van der Waals surface area contributed by atoms with Crippen molar-refractivity contribution in [1.82, 2.24) is 9.97 Å². The van der Waals surface area contributed by atoms with E-state index in [4.69, 9.17) is 0 Å². The SMILES string of the molecule is O=C(Nc1cccc(N2CCCCC2=O)c1)c1cnc2ccccc2n1. The molecule has 0 radical (unpaired) electrons. The first-order chi connectivity index (χ1) is 12.7. The molecule has 1 aromatic heterocycles. The Morgan fingerprint density at radius 3 is 2.73 bits per heavy atom. The second-order valence-corrected chi connectivity index (χ2v) is 6.25. The lowest BCUT2D eigenvalue weighted by atomic mass is 10.1. The van der Waals surface area contributed by atoms with Gasteiger partial charge in [0.15, 0.2) is 0 Å². The van der Waals surface area contributed by atoms with Gasteiger partial charge in [0.2, 0.25) is 5.91 Å². The van der Waals surface area contributed by atoms with Crippen molar-refractivity contribution in [3.05, 3.63) is 60.4 Å². The summed E-state index contributed by atoms with van der Waals surface area (Å²) >= 11 is 0.